The van der Waals surface area contributed by atoms with Crippen LogP contribution in [-0.4, -0.2) is 95.0 Å². The van der Waals surface area contributed by atoms with Crippen molar-refractivity contribution < 1.29 is 9.90 Å². The van der Waals surface area contributed by atoms with Gasteiger partial charge in [0.1, 0.15) is 5.69 Å². The smallest absolute Gasteiger partial charge is 0.271 e. The quantitative estimate of drug-likeness (QED) is 0.787. The Kier molecular flexibility index (Phi) is 5.55. The first-order valence-corrected chi connectivity index (χ1v) is 7.72. The van der Waals surface area contributed by atoms with Gasteiger partial charge >= 0.3 is 0 Å². The molecule has 1 saturated heterocycles. The molecule has 1 amide bonds. The zero-order chi connectivity index (χ0) is 16.3. The highest BCUT2D eigenvalue weighted by atomic mass is 16.3. The largest absolute Gasteiger partial charge is 0.390 e. The Morgan fingerprint density at radius 1 is 1.36 bits per heavy atom. The highest BCUT2D eigenvalue weighted by Gasteiger charge is 2.21. The third-order valence-corrected chi connectivity index (χ3v) is 4.12. The maximum atomic E-state index is 12.4. The third kappa shape index (κ3) is 4.28. The van der Waals surface area contributed by atoms with Crippen molar-refractivity contribution in [2.45, 2.75) is 13.0 Å². The van der Waals surface area contributed by atoms with Gasteiger partial charge < -0.3 is 14.9 Å². The molecule has 0 saturated carbocycles. The number of aliphatic hydroxyl groups excluding tert-OH is 1. The fourth-order valence-corrected chi connectivity index (χ4v) is 2.79. The summed E-state index contributed by atoms with van der Waals surface area (Å²) in [6.45, 7) is 6.77. The van der Waals surface area contributed by atoms with Crippen LogP contribution in [0.25, 0.3) is 0 Å². The Balaban J connectivity index is 1.84. The van der Waals surface area contributed by atoms with Gasteiger partial charge in [-0.3, -0.25) is 14.4 Å². The number of rotatable bonds is 5. The monoisotopic (exact) mass is 309 g/mol. The van der Waals surface area contributed by atoms with E-state index in [1.807, 2.05) is 6.92 Å². The predicted octanol–water partition coefficient (Wildman–Crippen LogP) is -0.591. The van der Waals surface area contributed by atoms with Crippen LogP contribution >= 0.6 is 0 Å². The summed E-state index contributed by atoms with van der Waals surface area (Å²) in [5.41, 5.74) is 1.36. The second-order valence-corrected chi connectivity index (χ2v) is 6.24. The molecule has 7 nitrogen and oxygen atoms in total. The minimum Gasteiger partial charge on any atom is -0.390 e. The second kappa shape index (κ2) is 7.21. The van der Waals surface area contributed by atoms with Crippen LogP contribution in [0.15, 0.2) is 6.07 Å². The van der Waals surface area contributed by atoms with E-state index in [1.54, 1.807) is 29.7 Å². The molecule has 0 spiro atoms. The average molecular weight is 309 g/mol. The second-order valence-electron chi connectivity index (χ2n) is 6.24. The van der Waals surface area contributed by atoms with Gasteiger partial charge in [0.05, 0.1) is 11.8 Å². The zero-order valence-electron chi connectivity index (χ0n) is 14.0. The molecule has 0 aliphatic carbocycles. The number of β-amino-alcohol motifs (C(OH)–C–C–N with tert-alkyl or cyclic N) is 1. The number of amides is 1. The maximum absolute atomic E-state index is 12.4. The lowest BCUT2D eigenvalue weighted by Crippen LogP contribution is -2.49. The number of aliphatic hydroxyl groups is 1. The van der Waals surface area contributed by atoms with Crippen LogP contribution in [0, 0.1) is 6.92 Å². The molecule has 1 aliphatic rings. The van der Waals surface area contributed by atoms with Crippen molar-refractivity contribution in [3.8, 4) is 0 Å². The molecule has 2 rings (SSSR count). The minimum absolute atomic E-state index is 0.111. The first kappa shape index (κ1) is 16.9. The van der Waals surface area contributed by atoms with Crippen molar-refractivity contribution >= 4 is 5.91 Å². The predicted molar refractivity (Wildman–Crippen MR) is 84.8 cm³/mol. The molecule has 1 N–H and O–H groups in total. The van der Waals surface area contributed by atoms with E-state index in [0.717, 1.165) is 31.9 Å². The Labute approximate surface area is 132 Å². The fourth-order valence-electron chi connectivity index (χ4n) is 2.79. The Bertz CT molecular complexity index is 508. The van der Waals surface area contributed by atoms with E-state index < -0.39 is 6.10 Å². The van der Waals surface area contributed by atoms with Crippen molar-refractivity contribution in [3.05, 3.63) is 17.5 Å². The molecule has 0 aromatic carbocycles. The van der Waals surface area contributed by atoms with E-state index in [0.29, 0.717) is 18.8 Å². The number of likely N-dealkylation sites (N-methyl/N-ethyl adjacent to an activating group) is 2. The van der Waals surface area contributed by atoms with Gasteiger partial charge in [-0.1, -0.05) is 0 Å². The lowest BCUT2D eigenvalue weighted by atomic mass is 10.2. The molecule has 1 atom stereocenters. The van der Waals surface area contributed by atoms with Crippen LogP contribution in [0.2, 0.25) is 0 Å². The molecule has 7 heteroatoms. The summed E-state index contributed by atoms with van der Waals surface area (Å²) < 4.78 is 1.58. The van der Waals surface area contributed by atoms with Crippen LogP contribution in [-0.2, 0) is 7.05 Å². The van der Waals surface area contributed by atoms with E-state index in [9.17, 15) is 9.90 Å². The molecule has 2 heterocycles. The molecule has 124 valence electrons. The van der Waals surface area contributed by atoms with Crippen molar-refractivity contribution in [2.24, 2.45) is 7.05 Å². The van der Waals surface area contributed by atoms with Crippen LogP contribution in [0.3, 0.4) is 0 Å². The normalized spacial score (nSPS) is 18.4. The lowest BCUT2D eigenvalue weighted by Gasteiger charge is -2.34. The van der Waals surface area contributed by atoms with E-state index >= 15 is 0 Å². The van der Waals surface area contributed by atoms with Crippen LogP contribution in [0.4, 0.5) is 0 Å². The molecule has 0 radical (unpaired) electrons. The molecular formula is C15H27N5O2. The fraction of sp³-hybridized carbons (Fsp3) is 0.733. The van der Waals surface area contributed by atoms with Gasteiger partial charge in [0, 0.05) is 53.4 Å². The first-order valence-electron chi connectivity index (χ1n) is 7.72. The number of carbonyl (C=O) groups excluding carboxylic acids is 1. The van der Waals surface area contributed by atoms with Gasteiger partial charge in [-0.2, -0.15) is 5.10 Å². The number of hydrogen-bond acceptors (Lipinski definition) is 5. The van der Waals surface area contributed by atoms with Crippen molar-refractivity contribution in [1.82, 2.24) is 24.5 Å². The summed E-state index contributed by atoms with van der Waals surface area (Å²) in [6.07, 6.45) is -0.535. The lowest BCUT2D eigenvalue weighted by molar-refractivity contribution is 0.0496. The molecule has 1 aromatic heterocycles. The summed E-state index contributed by atoms with van der Waals surface area (Å²) in [7, 11) is 5.59. The van der Waals surface area contributed by atoms with Gasteiger partial charge in [0.25, 0.3) is 5.91 Å². The topological polar surface area (TPSA) is 64.8 Å². The van der Waals surface area contributed by atoms with E-state index in [1.165, 1.54) is 0 Å². The molecule has 1 aliphatic heterocycles. The average Bonchev–Trinajstić information content (AvgIpc) is 2.79. The highest BCUT2D eigenvalue weighted by molar-refractivity contribution is 5.92. The molecule has 1 aromatic rings. The zero-order valence-corrected chi connectivity index (χ0v) is 14.0. The summed E-state index contributed by atoms with van der Waals surface area (Å²) in [6, 6.07) is 1.77. The van der Waals surface area contributed by atoms with E-state index in [4.69, 9.17) is 0 Å². The van der Waals surface area contributed by atoms with Crippen LogP contribution < -0.4 is 0 Å². The molecule has 22 heavy (non-hydrogen) atoms. The number of aryl methyl sites for hydroxylation is 2. The number of nitrogens with zero attached hydrogens (tertiary/aromatic N) is 5. The summed E-state index contributed by atoms with van der Waals surface area (Å²) in [5, 5.41) is 14.4. The van der Waals surface area contributed by atoms with Gasteiger partial charge in [-0.05, 0) is 20.0 Å². The number of carbonyl (C=O) groups is 1. The molecular weight excluding hydrogens is 282 g/mol. The summed E-state index contributed by atoms with van der Waals surface area (Å²) in [4.78, 5) is 18.5. The first-order chi connectivity index (χ1) is 10.4. The third-order valence-electron chi connectivity index (χ3n) is 4.12. The minimum atomic E-state index is -0.535. The number of aromatic nitrogens is 2. The molecule has 1 fully saturated rings. The Morgan fingerprint density at radius 3 is 2.55 bits per heavy atom. The SMILES string of the molecule is Cc1cc(C(=O)N(C)CC(O)CN2CCN(C)CC2)n(C)n1. The van der Waals surface area contributed by atoms with E-state index in [2.05, 4.69) is 21.9 Å². The molecule has 0 bridgehead atoms. The number of hydrogen-bond donors (Lipinski definition) is 1. The standard InChI is InChI=1S/C15H27N5O2/c1-12-9-14(19(4)16-12)15(22)18(3)10-13(21)11-20-7-5-17(2)6-8-20/h9,13,21H,5-8,10-11H2,1-4H3. The molecule has 1 unspecified atom stereocenters. The van der Waals surface area contributed by atoms with Gasteiger partial charge in [0.15, 0.2) is 0 Å². The van der Waals surface area contributed by atoms with Gasteiger partial charge in [0.2, 0.25) is 0 Å². The van der Waals surface area contributed by atoms with Crippen LogP contribution in [0.5, 0.6) is 0 Å². The Morgan fingerprint density at radius 2 is 2.00 bits per heavy atom. The maximum Gasteiger partial charge on any atom is 0.271 e. The van der Waals surface area contributed by atoms with Crippen molar-refractivity contribution in [2.75, 3.05) is 53.4 Å². The highest BCUT2D eigenvalue weighted by Crippen LogP contribution is 2.07. The van der Waals surface area contributed by atoms with Crippen LogP contribution in [0.1, 0.15) is 16.2 Å². The van der Waals surface area contributed by atoms with Gasteiger partial charge in [-0.25, -0.2) is 0 Å². The number of piperazine rings is 1. The summed E-state index contributed by atoms with van der Waals surface area (Å²) in [5.74, 6) is -0.111. The van der Waals surface area contributed by atoms with Crippen molar-refractivity contribution in [3.63, 3.8) is 0 Å². The van der Waals surface area contributed by atoms with Gasteiger partial charge in [-0.15, -0.1) is 0 Å². The van der Waals surface area contributed by atoms with E-state index in [-0.39, 0.29) is 5.91 Å². The summed E-state index contributed by atoms with van der Waals surface area (Å²) >= 11 is 0. The Hall–Kier alpha value is -1.44. The van der Waals surface area contributed by atoms with Crippen molar-refractivity contribution in [1.29, 1.82) is 0 Å².